The summed E-state index contributed by atoms with van der Waals surface area (Å²) in [5.74, 6) is -0.0867. The van der Waals surface area contributed by atoms with Gasteiger partial charge in [-0.25, -0.2) is 0 Å². The Morgan fingerprint density at radius 1 is 1.81 bits per heavy atom. The molecule has 1 unspecified atom stereocenters. The molecule has 1 aliphatic rings. The van der Waals surface area contributed by atoms with Crippen LogP contribution in [0.25, 0.3) is 0 Å². The molecule has 1 aromatic heterocycles. The average molecular weight is 219 g/mol. The van der Waals surface area contributed by atoms with Gasteiger partial charge in [0.05, 0.1) is 6.20 Å². The van der Waals surface area contributed by atoms with Crippen LogP contribution in [-0.4, -0.2) is 21.7 Å². The molecule has 1 aromatic rings. The average Bonchev–Trinajstić information content (AvgIpc) is 2.71. The van der Waals surface area contributed by atoms with E-state index in [1.54, 1.807) is 0 Å². The molecule has 0 saturated heterocycles. The SMILES string of the molecule is C=CC(=O)NC1CCc2c(cnn2CC)C1. The summed E-state index contributed by atoms with van der Waals surface area (Å²) in [5, 5.41) is 7.28. The van der Waals surface area contributed by atoms with Gasteiger partial charge >= 0.3 is 0 Å². The Morgan fingerprint density at radius 2 is 2.62 bits per heavy atom. The fourth-order valence-corrected chi connectivity index (χ4v) is 2.24. The summed E-state index contributed by atoms with van der Waals surface area (Å²) in [4.78, 5) is 11.2. The molecule has 1 amide bonds. The first-order valence-electron chi connectivity index (χ1n) is 5.71. The van der Waals surface area contributed by atoms with Gasteiger partial charge in [-0.2, -0.15) is 5.10 Å². The molecule has 1 heterocycles. The molecule has 86 valence electrons. The highest BCUT2D eigenvalue weighted by atomic mass is 16.1. The number of hydrogen-bond acceptors (Lipinski definition) is 2. The molecule has 0 aliphatic heterocycles. The van der Waals surface area contributed by atoms with E-state index in [4.69, 9.17) is 0 Å². The third-order valence-corrected chi connectivity index (χ3v) is 3.06. The number of nitrogens with one attached hydrogen (secondary N) is 1. The minimum atomic E-state index is -0.0867. The van der Waals surface area contributed by atoms with Crippen LogP contribution in [0, 0.1) is 0 Å². The number of carbonyl (C=O) groups is 1. The van der Waals surface area contributed by atoms with Crippen molar-refractivity contribution in [3.63, 3.8) is 0 Å². The van der Waals surface area contributed by atoms with Gasteiger partial charge in [0.25, 0.3) is 0 Å². The zero-order chi connectivity index (χ0) is 11.5. The first kappa shape index (κ1) is 10.9. The van der Waals surface area contributed by atoms with Crippen molar-refractivity contribution in [1.82, 2.24) is 15.1 Å². The van der Waals surface area contributed by atoms with E-state index in [2.05, 4.69) is 23.9 Å². The number of fused-ring (bicyclic) bond motifs is 1. The van der Waals surface area contributed by atoms with Crippen LogP contribution < -0.4 is 5.32 Å². The Hall–Kier alpha value is -1.58. The van der Waals surface area contributed by atoms with Crippen LogP contribution >= 0.6 is 0 Å². The van der Waals surface area contributed by atoms with Gasteiger partial charge < -0.3 is 5.32 Å². The van der Waals surface area contributed by atoms with Crippen LogP contribution in [0.5, 0.6) is 0 Å². The molecule has 0 radical (unpaired) electrons. The van der Waals surface area contributed by atoms with E-state index < -0.39 is 0 Å². The molecule has 1 N–H and O–H groups in total. The number of aromatic nitrogens is 2. The van der Waals surface area contributed by atoms with E-state index in [9.17, 15) is 4.79 Å². The number of hydrogen-bond donors (Lipinski definition) is 1. The molecular formula is C12H17N3O. The highest BCUT2D eigenvalue weighted by molar-refractivity contribution is 5.87. The largest absolute Gasteiger partial charge is 0.349 e. The Balaban J connectivity index is 2.06. The monoisotopic (exact) mass is 219 g/mol. The highest BCUT2D eigenvalue weighted by Gasteiger charge is 2.22. The van der Waals surface area contributed by atoms with E-state index >= 15 is 0 Å². The Bertz CT molecular complexity index is 408. The van der Waals surface area contributed by atoms with Gasteiger partial charge in [0.2, 0.25) is 5.91 Å². The second kappa shape index (κ2) is 4.51. The van der Waals surface area contributed by atoms with Crippen molar-refractivity contribution in [1.29, 1.82) is 0 Å². The summed E-state index contributed by atoms with van der Waals surface area (Å²) in [6.07, 6.45) is 6.11. The van der Waals surface area contributed by atoms with Gasteiger partial charge in [0.1, 0.15) is 0 Å². The Labute approximate surface area is 95.3 Å². The zero-order valence-corrected chi connectivity index (χ0v) is 9.57. The van der Waals surface area contributed by atoms with Crippen molar-refractivity contribution < 1.29 is 4.79 Å². The molecule has 16 heavy (non-hydrogen) atoms. The van der Waals surface area contributed by atoms with Crippen LogP contribution in [0.1, 0.15) is 24.6 Å². The van der Waals surface area contributed by atoms with Crippen molar-refractivity contribution in [2.75, 3.05) is 0 Å². The minimum absolute atomic E-state index is 0.0867. The van der Waals surface area contributed by atoms with Gasteiger partial charge in [-0.3, -0.25) is 9.48 Å². The highest BCUT2D eigenvalue weighted by Crippen LogP contribution is 2.21. The number of aryl methyl sites for hydroxylation is 1. The summed E-state index contributed by atoms with van der Waals surface area (Å²) in [7, 11) is 0. The molecule has 0 spiro atoms. The molecule has 4 heteroatoms. The summed E-state index contributed by atoms with van der Waals surface area (Å²) < 4.78 is 2.04. The van der Waals surface area contributed by atoms with Gasteiger partial charge in [-0.15, -0.1) is 0 Å². The topological polar surface area (TPSA) is 46.9 Å². The van der Waals surface area contributed by atoms with E-state index in [1.165, 1.54) is 17.3 Å². The molecular weight excluding hydrogens is 202 g/mol. The molecule has 4 nitrogen and oxygen atoms in total. The molecule has 1 atom stereocenters. The van der Waals surface area contributed by atoms with Gasteiger partial charge in [-0.05, 0) is 37.8 Å². The van der Waals surface area contributed by atoms with E-state index in [0.717, 1.165) is 25.8 Å². The lowest BCUT2D eigenvalue weighted by molar-refractivity contribution is -0.117. The molecule has 0 bridgehead atoms. The van der Waals surface area contributed by atoms with Gasteiger partial charge in [-0.1, -0.05) is 6.58 Å². The molecule has 0 fully saturated rings. The lowest BCUT2D eigenvalue weighted by atomic mass is 9.93. The fraction of sp³-hybridized carbons (Fsp3) is 0.500. The van der Waals surface area contributed by atoms with Gasteiger partial charge in [0, 0.05) is 18.3 Å². The van der Waals surface area contributed by atoms with Crippen LogP contribution in [-0.2, 0) is 24.2 Å². The summed E-state index contributed by atoms with van der Waals surface area (Å²) in [6, 6.07) is 0.229. The van der Waals surface area contributed by atoms with Crippen LogP contribution in [0.4, 0.5) is 0 Å². The maximum absolute atomic E-state index is 11.2. The zero-order valence-electron chi connectivity index (χ0n) is 9.57. The van der Waals surface area contributed by atoms with Crippen LogP contribution in [0.2, 0.25) is 0 Å². The normalized spacial score (nSPS) is 18.9. The predicted octanol–water partition coefficient (Wildman–Crippen LogP) is 1.06. The molecule has 1 aliphatic carbocycles. The van der Waals surface area contributed by atoms with E-state index in [1.807, 2.05) is 10.9 Å². The van der Waals surface area contributed by atoms with Gasteiger partial charge in [0.15, 0.2) is 0 Å². The first-order chi connectivity index (χ1) is 7.74. The Kier molecular flexibility index (Phi) is 3.08. The minimum Gasteiger partial charge on any atom is -0.349 e. The molecule has 0 aromatic carbocycles. The van der Waals surface area contributed by atoms with Crippen molar-refractivity contribution in [3.05, 3.63) is 30.1 Å². The maximum atomic E-state index is 11.2. The smallest absolute Gasteiger partial charge is 0.243 e. The van der Waals surface area contributed by atoms with E-state index in [0.29, 0.717) is 0 Å². The fourth-order valence-electron chi connectivity index (χ4n) is 2.24. The Morgan fingerprint density at radius 3 is 3.31 bits per heavy atom. The quantitative estimate of drug-likeness (QED) is 0.773. The summed E-state index contributed by atoms with van der Waals surface area (Å²) >= 11 is 0. The van der Waals surface area contributed by atoms with Crippen LogP contribution in [0.15, 0.2) is 18.9 Å². The van der Waals surface area contributed by atoms with Crippen molar-refractivity contribution in [3.8, 4) is 0 Å². The number of nitrogens with zero attached hydrogens (tertiary/aromatic N) is 2. The second-order valence-electron chi connectivity index (χ2n) is 4.08. The first-order valence-corrected chi connectivity index (χ1v) is 5.71. The van der Waals surface area contributed by atoms with Crippen LogP contribution in [0.3, 0.4) is 0 Å². The second-order valence-corrected chi connectivity index (χ2v) is 4.08. The lowest BCUT2D eigenvalue weighted by Gasteiger charge is -2.23. The maximum Gasteiger partial charge on any atom is 0.243 e. The lowest BCUT2D eigenvalue weighted by Crippen LogP contribution is -2.38. The molecule has 0 saturated carbocycles. The third kappa shape index (κ3) is 2.01. The number of rotatable bonds is 3. The summed E-state index contributed by atoms with van der Waals surface area (Å²) in [6.45, 7) is 6.47. The van der Waals surface area contributed by atoms with Crippen molar-refractivity contribution >= 4 is 5.91 Å². The number of carbonyl (C=O) groups excluding carboxylic acids is 1. The van der Waals surface area contributed by atoms with Crippen molar-refractivity contribution in [2.45, 2.75) is 38.8 Å². The van der Waals surface area contributed by atoms with Crippen molar-refractivity contribution in [2.24, 2.45) is 0 Å². The summed E-state index contributed by atoms with van der Waals surface area (Å²) in [5.41, 5.74) is 2.59. The molecule has 2 rings (SSSR count). The van der Waals surface area contributed by atoms with E-state index in [-0.39, 0.29) is 11.9 Å². The third-order valence-electron chi connectivity index (χ3n) is 3.06. The predicted molar refractivity (Wildman–Crippen MR) is 62.1 cm³/mol. The standard InChI is InChI=1S/C12H17N3O/c1-3-12(16)14-10-5-6-11-9(7-10)8-13-15(11)4-2/h3,8,10H,1,4-7H2,2H3,(H,14,16). The number of amides is 1.